The van der Waals surface area contributed by atoms with Crippen LogP contribution >= 0.6 is 0 Å². The quantitative estimate of drug-likeness (QED) is 0.742. The summed E-state index contributed by atoms with van der Waals surface area (Å²) in [4.78, 5) is 21.0. The fraction of sp³-hybridized carbons (Fsp3) is 0.300. The molecular weight excluding hydrogens is 326 g/mol. The number of nitrogens with zero attached hydrogens (tertiary/aromatic N) is 4. The summed E-state index contributed by atoms with van der Waals surface area (Å²) < 4.78 is 1.49. The van der Waals surface area contributed by atoms with Crippen LogP contribution in [0.2, 0.25) is 0 Å². The molecule has 26 heavy (non-hydrogen) atoms. The van der Waals surface area contributed by atoms with Gasteiger partial charge in [0, 0.05) is 12.2 Å². The summed E-state index contributed by atoms with van der Waals surface area (Å²) in [7, 11) is 0. The molecule has 0 radical (unpaired) electrons. The second-order valence-corrected chi connectivity index (χ2v) is 7.04. The second kappa shape index (κ2) is 7.47. The zero-order valence-corrected chi connectivity index (χ0v) is 15.3. The zero-order valence-electron chi connectivity index (χ0n) is 15.3. The van der Waals surface area contributed by atoms with Gasteiger partial charge in [-0.2, -0.15) is 5.10 Å². The van der Waals surface area contributed by atoms with Gasteiger partial charge in [-0.1, -0.05) is 44.2 Å². The molecule has 3 aromatic rings. The molecule has 134 valence electrons. The lowest BCUT2D eigenvalue weighted by Crippen LogP contribution is -2.37. The number of hydrogen-bond donors (Lipinski definition) is 1. The first-order chi connectivity index (χ1) is 12.5. The molecule has 3 rings (SSSR count). The SMILES string of the molecule is C[C@H](CC(C)(C)c1ccccc1)NC(=O)c1cccnc1-n1cncn1. The maximum atomic E-state index is 12.8. The minimum Gasteiger partial charge on any atom is -0.349 e. The third kappa shape index (κ3) is 3.96. The molecule has 1 amide bonds. The summed E-state index contributed by atoms with van der Waals surface area (Å²) in [6, 6.07) is 13.8. The number of amides is 1. The largest absolute Gasteiger partial charge is 0.349 e. The highest BCUT2D eigenvalue weighted by Crippen LogP contribution is 2.28. The molecule has 2 heterocycles. The lowest BCUT2D eigenvalue weighted by atomic mass is 9.79. The Morgan fingerprint density at radius 2 is 1.96 bits per heavy atom. The highest BCUT2D eigenvalue weighted by atomic mass is 16.1. The molecule has 0 bridgehead atoms. The van der Waals surface area contributed by atoms with E-state index in [0.717, 1.165) is 6.42 Å². The van der Waals surface area contributed by atoms with Crippen LogP contribution in [0.1, 0.15) is 43.1 Å². The molecule has 6 heteroatoms. The Labute approximate surface area is 153 Å². The molecule has 0 saturated carbocycles. The van der Waals surface area contributed by atoms with Gasteiger partial charge in [0.15, 0.2) is 5.82 Å². The third-order valence-corrected chi connectivity index (χ3v) is 4.42. The molecule has 0 aliphatic heterocycles. The summed E-state index contributed by atoms with van der Waals surface area (Å²) in [5.74, 6) is 0.303. The summed E-state index contributed by atoms with van der Waals surface area (Å²) in [6.45, 7) is 6.40. The summed E-state index contributed by atoms with van der Waals surface area (Å²) in [5, 5.41) is 7.15. The number of pyridine rings is 1. The van der Waals surface area contributed by atoms with E-state index in [0.29, 0.717) is 11.4 Å². The molecule has 1 aromatic carbocycles. The molecule has 1 atom stereocenters. The Kier molecular flexibility index (Phi) is 5.11. The monoisotopic (exact) mass is 349 g/mol. The zero-order chi connectivity index (χ0) is 18.6. The smallest absolute Gasteiger partial charge is 0.255 e. The van der Waals surface area contributed by atoms with Crippen LogP contribution in [-0.4, -0.2) is 31.7 Å². The van der Waals surface area contributed by atoms with Crippen molar-refractivity contribution < 1.29 is 4.79 Å². The van der Waals surface area contributed by atoms with Crippen molar-refractivity contribution in [3.8, 4) is 5.82 Å². The molecule has 0 spiro atoms. The number of benzene rings is 1. The predicted molar refractivity (Wildman–Crippen MR) is 100 cm³/mol. The van der Waals surface area contributed by atoms with E-state index in [9.17, 15) is 4.79 Å². The Morgan fingerprint density at radius 3 is 2.65 bits per heavy atom. The van der Waals surface area contributed by atoms with Gasteiger partial charge in [-0.3, -0.25) is 4.79 Å². The average Bonchev–Trinajstić information content (AvgIpc) is 3.16. The molecule has 0 fully saturated rings. The molecule has 6 nitrogen and oxygen atoms in total. The number of nitrogens with one attached hydrogen (secondary N) is 1. The molecular formula is C20H23N5O. The van der Waals surface area contributed by atoms with Gasteiger partial charge in [0.25, 0.3) is 5.91 Å². The van der Waals surface area contributed by atoms with E-state index in [1.807, 2.05) is 25.1 Å². The first-order valence-electron chi connectivity index (χ1n) is 8.64. The standard InChI is InChI=1S/C20H23N5O/c1-15(12-20(2,3)16-8-5-4-6-9-16)24-19(26)17-10-7-11-22-18(17)25-14-21-13-23-25/h4-11,13-15H,12H2,1-3H3,(H,24,26)/t15-/m1/s1. The normalized spacial score (nSPS) is 12.6. The fourth-order valence-corrected chi connectivity index (χ4v) is 3.20. The Hall–Kier alpha value is -3.02. The van der Waals surface area contributed by atoms with Crippen molar-refractivity contribution in [1.82, 2.24) is 25.1 Å². The van der Waals surface area contributed by atoms with E-state index in [-0.39, 0.29) is 17.4 Å². The minimum absolute atomic E-state index is 0.00140. The molecule has 0 saturated heterocycles. The average molecular weight is 349 g/mol. The van der Waals surface area contributed by atoms with Crippen molar-refractivity contribution in [2.75, 3.05) is 0 Å². The van der Waals surface area contributed by atoms with Crippen LogP contribution in [0.3, 0.4) is 0 Å². The highest BCUT2D eigenvalue weighted by Gasteiger charge is 2.25. The number of carbonyl (C=O) groups excluding carboxylic acids is 1. The summed E-state index contributed by atoms with van der Waals surface area (Å²) in [6.07, 6.45) is 5.40. The van der Waals surface area contributed by atoms with Crippen molar-refractivity contribution in [3.63, 3.8) is 0 Å². The predicted octanol–water partition coefficient (Wildman–Crippen LogP) is 3.15. The van der Waals surface area contributed by atoms with Crippen molar-refractivity contribution >= 4 is 5.91 Å². The molecule has 0 aliphatic carbocycles. The van der Waals surface area contributed by atoms with Gasteiger partial charge in [0.1, 0.15) is 12.7 Å². The fourth-order valence-electron chi connectivity index (χ4n) is 3.20. The second-order valence-electron chi connectivity index (χ2n) is 7.04. The maximum absolute atomic E-state index is 12.8. The molecule has 1 N–H and O–H groups in total. The lowest BCUT2D eigenvalue weighted by molar-refractivity contribution is 0.0934. The van der Waals surface area contributed by atoms with Crippen LogP contribution in [0.4, 0.5) is 0 Å². The van der Waals surface area contributed by atoms with Crippen LogP contribution in [0.25, 0.3) is 5.82 Å². The number of rotatable bonds is 6. The lowest BCUT2D eigenvalue weighted by Gasteiger charge is -2.29. The highest BCUT2D eigenvalue weighted by molar-refractivity contribution is 5.97. The van der Waals surface area contributed by atoms with E-state index < -0.39 is 0 Å². The number of aromatic nitrogens is 4. The number of hydrogen-bond acceptors (Lipinski definition) is 4. The van der Waals surface area contributed by atoms with Gasteiger partial charge in [0.2, 0.25) is 0 Å². The van der Waals surface area contributed by atoms with Gasteiger partial charge in [0.05, 0.1) is 5.56 Å². The molecule has 2 aromatic heterocycles. The minimum atomic E-state index is -0.167. The van der Waals surface area contributed by atoms with E-state index in [1.165, 1.54) is 22.9 Å². The summed E-state index contributed by atoms with van der Waals surface area (Å²) in [5.41, 5.74) is 1.69. The van der Waals surface area contributed by atoms with Crippen LogP contribution in [0, 0.1) is 0 Å². The number of carbonyl (C=O) groups is 1. The van der Waals surface area contributed by atoms with Crippen LogP contribution < -0.4 is 5.32 Å². The Bertz CT molecular complexity index is 859. The van der Waals surface area contributed by atoms with Crippen LogP contribution in [0.15, 0.2) is 61.3 Å². The van der Waals surface area contributed by atoms with Crippen LogP contribution in [0.5, 0.6) is 0 Å². The van der Waals surface area contributed by atoms with E-state index in [1.54, 1.807) is 18.3 Å². The Morgan fingerprint density at radius 1 is 1.19 bits per heavy atom. The molecule has 0 unspecified atom stereocenters. The van der Waals surface area contributed by atoms with Gasteiger partial charge in [-0.05, 0) is 36.5 Å². The maximum Gasteiger partial charge on any atom is 0.255 e. The van der Waals surface area contributed by atoms with Gasteiger partial charge in [-0.25, -0.2) is 14.6 Å². The van der Waals surface area contributed by atoms with Gasteiger partial charge in [-0.15, -0.1) is 0 Å². The van der Waals surface area contributed by atoms with E-state index in [4.69, 9.17) is 0 Å². The van der Waals surface area contributed by atoms with E-state index >= 15 is 0 Å². The topological polar surface area (TPSA) is 72.7 Å². The van der Waals surface area contributed by atoms with Gasteiger partial charge >= 0.3 is 0 Å². The van der Waals surface area contributed by atoms with Crippen LogP contribution in [-0.2, 0) is 5.41 Å². The first kappa shape index (κ1) is 17.8. The first-order valence-corrected chi connectivity index (χ1v) is 8.64. The summed E-state index contributed by atoms with van der Waals surface area (Å²) >= 11 is 0. The van der Waals surface area contributed by atoms with Crippen molar-refractivity contribution in [2.45, 2.75) is 38.6 Å². The van der Waals surface area contributed by atoms with Crippen molar-refractivity contribution in [3.05, 3.63) is 72.4 Å². The molecule has 0 aliphatic rings. The van der Waals surface area contributed by atoms with Crippen molar-refractivity contribution in [1.29, 1.82) is 0 Å². The Balaban J connectivity index is 1.73. The third-order valence-electron chi connectivity index (χ3n) is 4.42. The van der Waals surface area contributed by atoms with Gasteiger partial charge < -0.3 is 5.32 Å². The van der Waals surface area contributed by atoms with Crippen molar-refractivity contribution in [2.24, 2.45) is 0 Å². The van der Waals surface area contributed by atoms with E-state index in [2.05, 4.69) is 46.4 Å².